The molecule has 13 heteroatoms. The fraction of sp³-hybridized carbons (Fsp3) is 0.412. The summed E-state index contributed by atoms with van der Waals surface area (Å²) >= 11 is 0. The van der Waals surface area contributed by atoms with E-state index in [9.17, 15) is 33.6 Å². The lowest BCUT2D eigenvalue weighted by Crippen LogP contribution is -2.45. The summed E-state index contributed by atoms with van der Waals surface area (Å²) in [5.74, 6) is -0.429. The summed E-state index contributed by atoms with van der Waals surface area (Å²) < 4.78 is 34.3. The van der Waals surface area contributed by atoms with Crippen molar-refractivity contribution in [3.05, 3.63) is 72.5 Å². The monoisotopic (exact) mass is 440 g/mol. The Bertz CT molecular complexity index is 1100. The third-order valence-corrected chi connectivity index (χ3v) is 6.08. The molecule has 0 bridgehead atoms. The fourth-order valence-electron chi connectivity index (χ4n) is 3.20. The number of aliphatic hydroxyl groups excluding tert-OH is 1. The van der Waals surface area contributed by atoms with E-state index < -0.39 is 57.3 Å². The molecule has 0 aliphatic carbocycles. The maximum Gasteiger partial charge on any atom is 0.330 e. The quantitative estimate of drug-likeness (QED) is 0.299. The number of benzene rings is 1. The Balaban J connectivity index is 1.74. The van der Waals surface area contributed by atoms with Crippen LogP contribution in [0.25, 0.3) is 0 Å². The maximum absolute atomic E-state index is 12.5. The van der Waals surface area contributed by atoms with Crippen LogP contribution in [-0.4, -0.2) is 42.9 Å². The molecule has 3 rings (SSSR count). The van der Waals surface area contributed by atoms with Gasteiger partial charge in [-0.1, -0.05) is 4.21 Å². The van der Waals surface area contributed by atoms with E-state index >= 15 is 0 Å². The average Bonchev–Trinajstić information content (AvgIpc) is 3.06. The van der Waals surface area contributed by atoms with Crippen LogP contribution in [0.1, 0.15) is 23.8 Å². The molecule has 0 saturated carbocycles. The Labute approximate surface area is 171 Å². The highest BCUT2D eigenvalue weighted by Gasteiger charge is 2.40. The van der Waals surface area contributed by atoms with Gasteiger partial charge in [0.05, 0.1) is 17.6 Å². The maximum atomic E-state index is 12.5. The first-order valence-corrected chi connectivity index (χ1v) is 10.6. The second-order valence-electron chi connectivity index (χ2n) is 6.93. The molecule has 0 amide bonds. The van der Waals surface area contributed by atoms with Gasteiger partial charge in [0.15, 0.2) is 5.75 Å². The lowest BCUT2D eigenvalue weighted by Gasteiger charge is -2.22. The number of ether oxygens (including phenoxy) is 1. The van der Waals surface area contributed by atoms with Crippen molar-refractivity contribution in [1.82, 2.24) is 14.3 Å². The number of aliphatic hydroxyl groups is 1. The van der Waals surface area contributed by atoms with Gasteiger partial charge < -0.3 is 14.4 Å². The number of hydrogen-bond donors (Lipinski definition) is 3. The van der Waals surface area contributed by atoms with Crippen molar-refractivity contribution in [3.8, 4) is 0 Å². The minimum Gasteiger partial charge on any atom is -0.597 e. The molecule has 12 nitrogen and oxygen atoms in total. The zero-order valence-corrected chi connectivity index (χ0v) is 16.7. The van der Waals surface area contributed by atoms with Crippen LogP contribution in [-0.2, 0) is 25.1 Å². The third-order valence-electron chi connectivity index (χ3n) is 4.71. The molecule has 1 fully saturated rings. The summed E-state index contributed by atoms with van der Waals surface area (Å²) in [6, 6.07) is 4.29. The van der Waals surface area contributed by atoms with Gasteiger partial charge in [-0.25, -0.2) is 4.79 Å². The van der Waals surface area contributed by atoms with Gasteiger partial charge in [-0.05, 0) is 19.1 Å². The van der Waals surface area contributed by atoms with Gasteiger partial charge >= 0.3 is 5.69 Å². The number of nitrogens with zero attached hydrogens (tertiary/aromatic N) is 2. The Morgan fingerprint density at radius 2 is 2.03 bits per heavy atom. The number of hydrogen-bond acceptors (Lipinski definition) is 8. The normalized spacial score (nSPS) is 23.2. The number of sulfonamides is 1. The number of aromatic amines is 1. The largest absolute Gasteiger partial charge is 0.597 e. The van der Waals surface area contributed by atoms with E-state index in [2.05, 4.69) is 9.71 Å². The van der Waals surface area contributed by atoms with E-state index in [1.807, 2.05) is 0 Å². The molecule has 4 atom stereocenters. The molecule has 2 aromatic rings. The molecule has 2 heterocycles. The molecular formula is C17H20N4O8S. The molecule has 1 unspecified atom stereocenters. The van der Waals surface area contributed by atoms with Gasteiger partial charge in [-0.15, -0.1) is 4.72 Å². The highest BCUT2D eigenvalue weighted by atomic mass is 32.3. The molecule has 30 heavy (non-hydrogen) atoms. The Morgan fingerprint density at radius 1 is 1.37 bits per heavy atom. The summed E-state index contributed by atoms with van der Waals surface area (Å²) in [4.78, 5) is 35.9. The van der Waals surface area contributed by atoms with Crippen molar-refractivity contribution in [2.24, 2.45) is 0 Å². The van der Waals surface area contributed by atoms with Gasteiger partial charge in [0.1, 0.15) is 22.7 Å². The van der Waals surface area contributed by atoms with E-state index in [1.165, 1.54) is 37.4 Å². The van der Waals surface area contributed by atoms with Crippen LogP contribution in [0.2, 0.25) is 0 Å². The van der Waals surface area contributed by atoms with E-state index in [0.717, 1.165) is 4.57 Å². The van der Waals surface area contributed by atoms with Crippen LogP contribution in [0.15, 0.2) is 40.1 Å². The van der Waals surface area contributed by atoms with Crippen molar-refractivity contribution in [2.75, 3.05) is 6.61 Å². The SMILES string of the molecule is Cc1cn([C@H]2C[C@H](N[S+](=O)([O-])Cc3ccc([N+](=O)[O-])cc3)[C@@H](CO)O2)c(=O)[nH]c1=O. The second-order valence-corrected chi connectivity index (χ2v) is 8.69. The summed E-state index contributed by atoms with van der Waals surface area (Å²) in [6.45, 7) is 1.02. The fourth-order valence-corrected chi connectivity index (χ4v) is 4.62. The molecule has 1 saturated heterocycles. The Hall–Kier alpha value is -2.71. The minimum absolute atomic E-state index is 0.0517. The van der Waals surface area contributed by atoms with Gasteiger partial charge in [0.25, 0.3) is 11.2 Å². The summed E-state index contributed by atoms with van der Waals surface area (Å²) in [7, 11) is -3.88. The zero-order chi connectivity index (χ0) is 22.1. The van der Waals surface area contributed by atoms with Crippen LogP contribution >= 0.6 is 0 Å². The molecule has 1 aliphatic rings. The van der Waals surface area contributed by atoms with Crippen LogP contribution in [0.3, 0.4) is 0 Å². The van der Waals surface area contributed by atoms with E-state index in [4.69, 9.17) is 4.74 Å². The van der Waals surface area contributed by atoms with Crippen molar-refractivity contribution >= 4 is 16.1 Å². The van der Waals surface area contributed by atoms with Crippen molar-refractivity contribution < 1.29 is 23.5 Å². The second kappa shape index (κ2) is 8.57. The standard InChI is InChI=1S/C17H20N4O8S/c1-10-7-20(17(24)18-16(10)23)15-6-13(14(8-22)29-15)19-30(27,28)9-11-2-4-12(5-3-11)21(25)26/h2-5,7,13-15,22H,6,8-9H2,1H3,(H2-,18,19,23,24,27,28)/t13-,14+,15+/m0/s1. The van der Waals surface area contributed by atoms with E-state index in [-0.39, 0.29) is 17.7 Å². The van der Waals surface area contributed by atoms with Crippen molar-refractivity contribution in [2.45, 2.75) is 37.5 Å². The van der Waals surface area contributed by atoms with Crippen molar-refractivity contribution in [3.63, 3.8) is 0 Å². The van der Waals surface area contributed by atoms with E-state index in [1.54, 1.807) is 0 Å². The smallest absolute Gasteiger partial charge is 0.330 e. The molecule has 1 aromatic heterocycles. The molecule has 1 aliphatic heterocycles. The average molecular weight is 440 g/mol. The number of non-ortho nitro benzene ring substituents is 1. The van der Waals surface area contributed by atoms with Gasteiger partial charge in [0.2, 0.25) is 0 Å². The van der Waals surface area contributed by atoms with Gasteiger partial charge in [0, 0.05) is 35.9 Å². The Kier molecular flexibility index (Phi) is 6.28. The number of aromatic nitrogens is 2. The van der Waals surface area contributed by atoms with Crippen LogP contribution in [0, 0.1) is 17.0 Å². The lowest BCUT2D eigenvalue weighted by molar-refractivity contribution is -0.384. The highest BCUT2D eigenvalue weighted by Crippen LogP contribution is 2.29. The first-order valence-electron chi connectivity index (χ1n) is 8.91. The molecule has 162 valence electrons. The van der Waals surface area contributed by atoms with Crippen LogP contribution in [0.4, 0.5) is 5.69 Å². The van der Waals surface area contributed by atoms with Gasteiger partial charge in [-0.3, -0.25) is 24.5 Å². The van der Waals surface area contributed by atoms with Crippen molar-refractivity contribution in [1.29, 1.82) is 0 Å². The molecular weight excluding hydrogens is 420 g/mol. The van der Waals surface area contributed by atoms with Gasteiger partial charge in [-0.2, -0.15) is 0 Å². The van der Waals surface area contributed by atoms with Crippen LogP contribution < -0.4 is 16.0 Å². The lowest BCUT2D eigenvalue weighted by atomic mass is 10.1. The zero-order valence-electron chi connectivity index (χ0n) is 15.8. The number of nitro groups is 1. The minimum atomic E-state index is -3.88. The molecule has 0 spiro atoms. The van der Waals surface area contributed by atoms with E-state index in [0.29, 0.717) is 5.56 Å². The first kappa shape index (κ1) is 22.0. The third kappa shape index (κ3) is 4.88. The molecule has 1 aromatic carbocycles. The number of rotatable bonds is 7. The topological polar surface area (TPSA) is 180 Å². The summed E-state index contributed by atoms with van der Waals surface area (Å²) in [5.41, 5.74) is -0.773. The summed E-state index contributed by atoms with van der Waals surface area (Å²) in [6.07, 6.45) is -0.414. The highest BCUT2D eigenvalue weighted by molar-refractivity contribution is 7.95. The number of H-pyrrole nitrogens is 1. The Morgan fingerprint density at radius 3 is 2.63 bits per heavy atom. The van der Waals surface area contributed by atoms with Crippen LogP contribution in [0.5, 0.6) is 0 Å². The number of nitrogens with one attached hydrogen (secondary N) is 2. The number of aryl methyl sites for hydroxylation is 1. The number of nitro benzene ring substituents is 1. The first-order chi connectivity index (χ1) is 14.1. The predicted octanol–water partition coefficient (Wildman–Crippen LogP) is -0.264. The molecule has 3 N–H and O–H groups in total. The predicted molar refractivity (Wildman–Crippen MR) is 104 cm³/mol. The summed E-state index contributed by atoms with van der Waals surface area (Å²) in [5, 5.41) is 20.3. The molecule has 0 radical (unpaired) electrons.